The second-order valence-electron chi connectivity index (χ2n) is 12.6. The van der Waals surface area contributed by atoms with E-state index in [-0.39, 0.29) is 30.7 Å². The van der Waals surface area contributed by atoms with Gasteiger partial charge in [-0.15, -0.1) is 0 Å². The van der Waals surface area contributed by atoms with Gasteiger partial charge in [0.05, 0.1) is 6.61 Å². The highest BCUT2D eigenvalue weighted by atomic mass is 16.7. The van der Waals surface area contributed by atoms with Crippen LogP contribution in [0.25, 0.3) is 0 Å². The molecule has 1 saturated heterocycles. The molecule has 270 valence electrons. The van der Waals surface area contributed by atoms with Gasteiger partial charge in [-0.3, -0.25) is 19.2 Å². The van der Waals surface area contributed by atoms with Crippen LogP contribution < -0.4 is 20.7 Å². The minimum atomic E-state index is -1.44. The number of carbonyl (C=O) groups excluding carboxylic acids is 4. The van der Waals surface area contributed by atoms with Crippen LogP contribution in [0, 0.1) is 13.8 Å². The smallest absolute Gasteiger partial charge is 0.251 e. The van der Waals surface area contributed by atoms with Gasteiger partial charge in [0, 0.05) is 50.7 Å². The van der Waals surface area contributed by atoms with Gasteiger partial charge in [0.2, 0.25) is 24.0 Å². The number of hydrogen-bond donors (Lipinski definition) is 6. The molecule has 1 aliphatic heterocycles. The van der Waals surface area contributed by atoms with Crippen LogP contribution in [0.5, 0.6) is 5.75 Å². The standard InChI is InChI=1S/C36H52N4O9/c1-5-6-10-31(44)40(17-9-7-8-16-37-35(47)26-20-23(2)19-24(3)21-26)18-15-30(43)39-27-11-13-28(14-12-27)48-36-32(38-25(4)42)34(46)33(45)29(22-41)49-36/h11-14,19-21,29,32-34,36,41,45-46H,5-10,15-18,22H2,1-4H3,(H,37,47)(H,38,42)(H,39,43). The van der Waals surface area contributed by atoms with Crippen LogP contribution >= 0.6 is 0 Å². The van der Waals surface area contributed by atoms with E-state index in [1.165, 1.54) is 6.92 Å². The van der Waals surface area contributed by atoms with Gasteiger partial charge in [-0.25, -0.2) is 0 Å². The minimum absolute atomic E-state index is 0.0165. The zero-order chi connectivity index (χ0) is 35.9. The summed E-state index contributed by atoms with van der Waals surface area (Å²) in [5, 5.41) is 38.5. The van der Waals surface area contributed by atoms with Crippen LogP contribution in [0.4, 0.5) is 5.69 Å². The number of aliphatic hydroxyl groups is 3. The third-order valence-corrected chi connectivity index (χ3v) is 8.22. The van der Waals surface area contributed by atoms with Crippen molar-refractivity contribution in [3.63, 3.8) is 0 Å². The summed E-state index contributed by atoms with van der Waals surface area (Å²) in [6.45, 7) is 7.99. The summed E-state index contributed by atoms with van der Waals surface area (Å²) in [4.78, 5) is 51.6. The average Bonchev–Trinajstić information content (AvgIpc) is 3.06. The number of amides is 4. The van der Waals surface area contributed by atoms with E-state index in [1.807, 2.05) is 39.0 Å². The van der Waals surface area contributed by atoms with E-state index in [2.05, 4.69) is 16.0 Å². The highest BCUT2D eigenvalue weighted by Crippen LogP contribution is 2.25. The van der Waals surface area contributed by atoms with Gasteiger partial charge in [-0.05, 0) is 75.9 Å². The Morgan fingerprint density at radius 2 is 1.59 bits per heavy atom. The van der Waals surface area contributed by atoms with Crippen molar-refractivity contribution in [2.75, 3.05) is 31.6 Å². The van der Waals surface area contributed by atoms with Crippen molar-refractivity contribution in [1.29, 1.82) is 0 Å². The third-order valence-electron chi connectivity index (χ3n) is 8.22. The molecule has 1 aliphatic rings. The maximum Gasteiger partial charge on any atom is 0.251 e. The molecule has 5 unspecified atom stereocenters. The molecule has 3 rings (SSSR count). The second kappa shape index (κ2) is 19.8. The predicted molar refractivity (Wildman–Crippen MR) is 184 cm³/mol. The number of nitrogens with one attached hydrogen (secondary N) is 3. The lowest BCUT2D eigenvalue weighted by Crippen LogP contribution is -2.65. The van der Waals surface area contributed by atoms with Gasteiger partial charge in [0.15, 0.2) is 0 Å². The molecule has 4 amide bonds. The first-order valence-electron chi connectivity index (χ1n) is 17.0. The number of benzene rings is 2. The third kappa shape index (κ3) is 12.7. The molecule has 0 radical (unpaired) electrons. The molecule has 2 aromatic carbocycles. The molecule has 5 atom stereocenters. The first-order valence-corrected chi connectivity index (χ1v) is 17.0. The van der Waals surface area contributed by atoms with Crippen molar-refractivity contribution in [2.45, 2.75) is 103 Å². The van der Waals surface area contributed by atoms with Gasteiger partial charge in [0.1, 0.15) is 30.1 Å². The molecule has 13 nitrogen and oxygen atoms in total. The predicted octanol–water partition coefficient (Wildman–Crippen LogP) is 2.57. The Morgan fingerprint density at radius 3 is 2.22 bits per heavy atom. The van der Waals surface area contributed by atoms with Crippen LogP contribution in [-0.4, -0.2) is 101 Å². The summed E-state index contributed by atoms with van der Waals surface area (Å²) in [6.07, 6.45) is -0.614. The normalized spacial score (nSPS) is 20.3. The van der Waals surface area contributed by atoms with Crippen molar-refractivity contribution < 1.29 is 44.0 Å². The summed E-state index contributed by atoms with van der Waals surface area (Å²) in [6, 6.07) is 11.0. The van der Waals surface area contributed by atoms with E-state index in [1.54, 1.807) is 29.2 Å². The Labute approximate surface area is 288 Å². The van der Waals surface area contributed by atoms with E-state index < -0.39 is 43.2 Å². The summed E-state index contributed by atoms with van der Waals surface area (Å²) < 4.78 is 11.4. The van der Waals surface area contributed by atoms with Gasteiger partial charge in [-0.2, -0.15) is 0 Å². The van der Waals surface area contributed by atoms with E-state index in [0.29, 0.717) is 36.5 Å². The number of unbranched alkanes of at least 4 members (excludes halogenated alkanes) is 3. The fourth-order valence-electron chi connectivity index (χ4n) is 5.64. The fraction of sp³-hybridized carbons (Fsp3) is 0.556. The molecule has 0 spiro atoms. The molecular formula is C36H52N4O9. The van der Waals surface area contributed by atoms with Gasteiger partial charge in [0.25, 0.3) is 5.91 Å². The van der Waals surface area contributed by atoms with Crippen molar-refractivity contribution in [3.05, 3.63) is 59.2 Å². The second-order valence-corrected chi connectivity index (χ2v) is 12.6. The molecular weight excluding hydrogens is 632 g/mol. The molecule has 0 aliphatic carbocycles. The molecule has 0 aromatic heterocycles. The summed E-state index contributed by atoms with van der Waals surface area (Å²) in [7, 11) is 0. The Balaban J connectivity index is 1.47. The van der Waals surface area contributed by atoms with Crippen LogP contribution in [0.1, 0.15) is 80.3 Å². The van der Waals surface area contributed by atoms with Gasteiger partial charge >= 0.3 is 0 Å². The number of anilines is 1. The first kappa shape index (κ1) is 39.4. The Hall–Kier alpha value is -4.04. The fourth-order valence-corrected chi connectivity index (χ4v) is 5.64. The van der Waals surface area contributed by atoms with Crippen LogP contribution in [-0.2, 0) is 19.1 Å². The lowest BCUT2D eigenvalue weighted by atomic mass is 9.97. The molecule has 1 heterocycles. The lowest BCUT2D eigenvalue weighted by Gasteiger charge is -2.42. The largest absolute Gasteiger partial charge is 0.463 e. The first-order chi connectivity index (χ1) is 23.4. The number of rotatable bonds is 18. The number of nitrogens with zero attached hydrogens (tertiary/aromatic N) is 1. The Bertz CT molecular complexity index is 1370. The van der Waals surface area contributed by atoms with Crippen molar-refractivity contribution in [1.82, 2.24) is 15.5 Å². The van der Waals surface area contributed by atoms with E-state index >= 15 is 0 Å². The van der Waals surface area contributed by atoms with E-state index in [9.17, 15) is 34.5 Å². The molecule has 6 N–H and O–H groups in total. The zero-order valence-electron chi connectivity index (χ0n) is 28.9. The van der Waals surface area contributed by atoms with Gasteiger partial charge < -0.3 is 45.6 Å². The SMILES string of the molecule is CCCCC(=O)N(CCCCCNC(=O)c1cc(C)cc(C)c1)CCC(=O)Nc1ccc(OC2OC(CO)C(O)C(O)C2NC(C)=O)cc1. The number of ether oxygens (including phenoxy) is 2. The summed E-state index contributed by atoms with van der Waals surface area (Å²) in [5.74, 6) is -0.504. The van der Waals surface area contributed by atoms with Crippen LogP contribution in [0.2, 0.25) is 0 Å². The van der Waals surface area contributed by atoms with Crippen LogP contribution in [0.15, 0.2) is 42.5 Å². The highest BCUT2D eigenvalue weighted by Gasteiger charge is 2.46. The van der Waals surface area contributed by atoms with Crippen LogP contribution in [0.3, 0.4) is 0 Å². The monoisotopic (exact) mass is 684 g/mol. The molecule has 49 heavy (non-hydrogen) atoms. The topological polar surface area (TPSA) is 187 Å². The van der Waals surface area contributed by atoms with Gasteiger partial charge in [-0.1, -0.05) is 30.5 Å². The minimum Gasteiger partial charge on any atom is -0.463 e. The maximum absolute atomic E-state index is 12.9. The molecule has 2 aromatic rings. The maximum atomic E-state index is 12.9. The lowest BCUT2D eigenvalue weighted by molar-refractivity contribution is -0.244. The highest BCUT2D eigenvalue weighted by molar-refractivity contribution is 5.94. The summed E-state index contributed by atoms with van der Waals surface area (Å²) in [5.41, 5.74) is 3.23. The molecule has 1 fully saturated rings. The van der Waals surface area contributed by atoms with Crippen molar-refractivity contribution in [3.8, 4) is 5.75 Å². The molecule has 0 saturated carbocycles. The van der Waals surface area contributed by atoms with Crippen molar-refractivity contribution in [2.24, 2.45) is 0 Å². The summed E-state index contributed by atoms with van der Waals surface area (Å²) >= 11 is 0. The number of aryl methyl sites for hydroxylation is 2. The van der Waals surface area contributed by atoms with Crippen molar-refractivity contribution >= 4 is 29.3 Å². The number of carbonyl (C=O) groups is 4. The molecule has 0 bridgehead atoms. The van der Waals surface area contributed by atoms with E-state index in [4.69, 9.17) is 9.47 Å². The quantitative estimate of drug-likeness (QED) is 0.128. The number of aliphatic hydroxyl groups excluding tert-OH is 3. The Kier molecular flexibility index (Phi) is 15.9. The number of hydrogen-bond acceptors (Lipinski definition) is 9. The average molecular weight is 685 g/mol. The zero-order valence-corrected chi connectivity index (χ0v) is 28.9. The molecule has 13 heteroatoms. The Morgan fingerprint density at radius 1 is 0.898 bits per heavy atom. The van der Waals surface area contributed by atoms with E-state index in [0.717, 1.165) is 43.2 Å².